The first-order valence-electron chi connectivity index (χ1n) is 12.9. The summed E-state index contributed by atoms with van der Waals surface area (Å²) in [5.74, 6) is -3.00. The van der Waals surface area contributed by atoms with Crippen molar-refractivity contribution in [3.63, 3.8) is 0 Å². The smallest absolute Gasteiger partial charge is 0.326 e. The second kappa shape index (κ2) is 13.7. The minimum atomic E-state index is -3.77. The van der Waals surface area contributed by atoms with Crippen molar-refractivity contribution >= 4 is 33.6 Å². The minimum Gasteiger partial charge on any atom is -0.481 e. The van der Waals surface area contributed by atoms with Crippen LogP contribution in [0.2, 0.25) is 0 Å². The maximum atomic E-state index is 13.3. The van der Waals surface area contributed by atoms with E-state index in [9.17, 15) is 27.9 Å². The molecule has 9 nitrogen and oxygen atoms in total. The SMILES string of the molecule is CC(C)C[C@@H](C(=O)N[C@@H](Cc1ccc(CCC(=O)O)cc1)C(=O)O)c1ccc(NS(=O)(=O)c2ccccc2)cc1. The number of amides is 1. The highest BCUT2D eigenvalue weighted by Crippen LogP contribution is 2.27. The number of hydrogen-bond acceptors (Lipinski definition) is 5. The molecule has 3 aromatic rings. The minimum absolute atomic E-state index is 0.00424. The normalized spacial score (nSPS) is 12.9. The summed E-state index contributed by atoms with van der Waals surface area (Å²) in [5.41, 5.74) is 2.50. The Hall–Kier alpha value is -4.18. The zero-order chi connectivity index (χ0) is 29.3. The van der Waals surface area contributed by atoms with Crippen LogP contribution < -0.4 is 10.0 Å². The fraction of sp³-hybridized carbons (Fsp3) is 0.300. The van der Waals surface area contributed by atoms with Crippen LogP contribution in [0.1, 0.15) is 49.3 Å². The van der Waals surface area contributed by atoms with Crippen LogP contribution in [0, 0.1) is 5.92 Å². The summed E-state index contributed by atoms with van der Waals surface area (Å²) in [6, 6.07) is 20.3. The number of benzene rings is 3. The van der Waals surface area contributed by atoms with Crippen LogP contribution in [-0.4, -0.2) is 42.5 Å². The van der Waals surface area contributed by atoms with E-state index in [1.165, 1.54) is 12.1 Å². The molecule has 0 aliphatic carbocycles. The van der Waals surface area contributed by atoms with E-state index >= 15 is 0 Å². The Morgan fingerprint density at radius 1 is 0.825 bits per heavy atom. The third kappa shape index (κ3) is 8.94. The van der Waals surface area contributed by atoms with Crippen molar-refractivity contribution in [1.82, 2.24) is 5.32 Å². The predicted molar refractivity (Wildman–Crippen MR) is 152 cm³/mol. The van der Waals surface area contributed by atoms with Gasteiger partial charge in [-0.25, -0.2) is 13.2 Å². The Labute approximate surface area is 234 Å². The molecule has 4 N–H and O–H groups in total. The van der Waals surface area contributed by atoms with Crippen LogP contribution in [0.5, 0.6) is 0 Å². The van der Waals surface area contributed by atoms with Gasteiger partial charge in [-0.2, -0.15) is 0 Å². The fourth-order valence-electron chi connectivity index (χ4n) is 4.26. The fourth-order valence-corrected chi connectivity index (χ4v) is 5.34. The van der Waals surface area contributed by atoms with E-state index in [2.05, 4.69) is 10.0 Å². The van der Waals surface area contributed by atoms with Crippen LogP contribution in [0.4, 0.5) is 5.69 Å². The maximum absolute atomic E-state index is 13.3. The maximum Gasteiger partial charge on any atom is 0.326 e. The van der Waals surface area contributed by atoms with Crippen molar-refractivity contribution in [3.05, 3.63) is 95.6 Å². The molecule has 0 heterocycles. The molecule has 212 valence electrons. The summed E-state index contributed by atoms with van der Waals surface area (Å²) in [5, 5.41) is 21.3. The van der Waals surface area contributed by atoms with Gasteiger partial charge in [0.25, 0.3) is 10.0 Å². The Morgan fingerprint density at radius 3 is 1.98 bits per heavy atom. The number of carboxylic acid groups (broad SMARTS) is 2. The van der Waals surface area contributed by atoms with Crippen molar-refractivity contribution in [3.8, 4) is 0 Å². The van der Waals surface area contributed by atoms with E-state index in [-0.39, 0.29) is 23.7 Å². The molecule has 2 atom stereocenters. The Kier molecular flexibility index (Phi) is 10.4. The van der Waals surface area contributed by atoms with Crippen LogP contribution in [0.25, 0.3) is 0 Å². The quantitative estimate of drug-likeness (QED) is 0.225. The molecular formula is C30H34N2O7S. The lowest BCUT2D eigenvalue weighted by molar-refractivity contribution is -0.142. The zero-order valence-corrected chi connectivity index (χ0v) is 23.2. The topological polar surface area (TPSA) is 150 Å². The molecule has 0 fully saturated rings. The van der Waals surface area contributed by atoms with E-state index in [4.69, 9.17) is 5.11 Å². The first kappa shape index (κ1) is 30.4. The van der Waals surface area contributed by atoms with Gasteiger partial charge in [0.05, 0.1) is 10.8 Å². The van der Waals surface area contributed by atoms with Crippen molar-refractivity contribution in [2.75, 3.05) is 4.72 Å². The molecule has 0 aliphatic rings. The molecule has 3 rings (SSSR count). The Bertz CT molecular complexity index is 1400. The molecule has 0 bridgehead atoms. The second-order valence-corrected chi connectivity index (χ2v) is 11.7. The van der Waals surface area contributed by atoms with Gasteiger partial charge in [-0.15, -0.1) is 0 Å². The van der Waals surface area contributed by atoms with E-state index < -0.39 is 39.8 Å². The Morgan fingerprint density at radius 2 is 1.43 bits per heavy atom. The molecule has 10 heteroatoms. The monoisotopic (exact) mass is 566 g/mol. The number of carbonyl (C=O) groups excluding carboxylic acids is 1. The molecule has 0 spiro atoms. The van der Waals surface area contributed by atoms with Crippen LogP contribution in [0.15, 0.2) is 83.8 Å². The first-order valence-corrected chi connectivity index (χ1v) is 14.4. The lowest BCUT2D eigenvalue weighted by Gasteiger charge is -2.22. The largest absolute Gasteiger partial charge is 0.481 e. The number of aliphatic carboxylic acids is 2. The lowest BCUT2D eigenvalue weighted by atomic mass is 9.89. The van der Waals surface area contributed by atoms with Crippen molar-refractivity contribution in [2.24, 2.45) is 5.92 Å². The van der Waals surface area contributed by atoms with Gasteiger partial charge in [-0.1, -0.05) is 68.4 Å². The zero-order valence-electron chi connectivity index (χ0n) is 22.4. The van der Waals surface area contributed by atoms with Crippen LogP contribution >= 0.6 is 0 Å². The summed E-state index contributed by atoms with van der Waals surface area (Å²) in [6.07, 6.45) is 0.906. The number of aryl methyl sites for hydroxylation is 1. The molecule has 0 aliphatic heterocycles. The van der Waals surface area contributed by atoms with Gasteiger partial charge in [-0.05, 0) is 59.7 Å². The molecule has 0 unspecified atom stereocenters. The summed E-state index contributed by atoms with van der Waals surface area (Å²) in [7, 11) is -3.77. The van der Waals surface area contributed by atoms with Gasteiger partial charge in [0, 0.05) is 18.5 Å². The predicted octanol–water partition coefficient (Wildman–Crippen LogP) is 4.45. The highest BCUT2D eigenvalue weighted by atomic mass is 32.2. The number of nitrogens with one attached hydrogen (secondary N) is 2. The molecule has 1 amide bonds. The summed E-state index contributed by atoms with van der Waals surface area (Å²) < 4.78 is 27.8. The summed E-state index contributed by atoms with van der Waals surface area (Å²) >= 11 is 0. The summed E-state index contributed by atoms with van der Waals surface area (Å²) in [4.78, 5) is 36.3. The van der Waals surface area contributed by atoms with E-state index in [0.29, 0.717) is 29.7 Å². The number of sulfonamides is 1. The molecule has 0 aromatic heterocycles. The standard InChI is InChI=1S/C30H34N2O7S/c1-20(2)18-26(23-13-15-24(16-14-23)32-40(38,39)25-6-4-3-5-7-25)29(35)31-27(30(36)37)19-22-10-8-21(9-11-22)12-17-28(33)34/h3-11,13-16,20,26-27,32H,12,17-19H2,1-2H3,(H,31,35)(H,33,34)(H,36,37)/t26-,27+/m1/s1. The van der Waals surface area contributed by atoms with E-state index in [1.54, 1.807) is 66.7 Å². The first-order chi connectivity index (χ1) is 18.9. The molecule has 0 radical (unpaired) electrons. The number of hydrogen-bond donors (Lipinski definition) is 4. The van der Waals surface area contributed by atoms with E-state index in [1.807, 2.05) is 13.8 Å². The van der Waals surface area contributed by atoms with Gasteiger partial charge < -0.3 is 15.5 Å². The van der Waals surface area contributed by atoms with Gasteiger partial charge >= 0.3 is 11.9 Å². The van der Waals surface area contributed by atoms with Crippen molar-refractivity contribution < 1.29 is 33.0 Å². The van der Waals surface area contributed by atoms with E-state index in [0.717, 1.165) is 5.56 Å². The van der Waals surface area contributed by atoms with Gasteiger partial charge in [0.1, 0.15) is 6.04 Å². The number of carbonyl (C=O) groups is 3. The van der Waals surface area contributed by atoms with Crippen LogP contribution in [-0.2, 0) is 37.2 Å². The van der Waals surface area contributed by atoms with Crippen molar-refractivity contribution in [2.45, 2.75) is 56.4 Å². The molecule has 0 saturated heterocycles. The van der Waals surface area contributed by atoms with Crippen molar-refractivity contribution in [1.29, 1.82) is 0 Å². The van der Waals surface area contributed by atoms with Gasteiger partial charge in [-0.3, -0.25) is 14.3 Å². The molecular weight excluding hydrogens is 532 g/mol. The van der Waals surface area contributed by atoms with Gasteiger partial charge in [0.2, 0.25) is 5.91 Å². The number of carboxylic acids is 2. The van der Waals surface area contributed by atoms with Crippen LogP contribution in [0.3, 0.4) is 0 Å². The molecule has 40 heavy (non-hydrogen) atoms. The second-order valence-electron chi connectivity index (χ2n) is 10.0. The molecule has 3 aromatic carbocycles. The molecule has 0 saturated carbocycles. The third-order valence-electron chi connectivity index (χ3n) is 6.35. The average molecular weight is 567 g/mol. The average Bonchev–Trinajstić information content (AvgIpc) is 2.91. The number of anilines is 1. The Balaban J connectivity index is 1.72. The lowest BCUT2D eigenvalue weighted by Crippen LogP contribution is -2.44. The highest BCUT2D eigenvalue weighted by Gasteiger charge is 2.27. The van der Waals surface area contributed by atoms with Gasteiger partial charge in [0.15, 0.2) is 0 Å². The highest BCUT2D eigenvalue weighted by molar-refractivity contribution is 7.92. The summed E-state index contributed by atoms with van der Waals surface area (Å²) in [6.45, 7) is 3.92. The third-order valence-corrected chi connectivity index (χ3v) is 7.74. The number of rotatable bonds is 14.